The maximum Gasteiger partial charge on any atom is 0.418 e. The van der Waals surface area contributed by atoms with Crippen molar-refractivity contribution >= 4 is 11.6 Å². The number of amides is 1. The highest BCUT2D eigenvalue weighted by molar-refractivity contribution is 5.94. The maximum absolute atomic E-state index is 12.6. The Balaban J connectivity index is 2.90. The molecule has 0 unspecified atom stereocenters. The number of hydrogen-bond donors (Lipinski definition) is 2. The number of carbonyl (C=O) groups is 1. The second-order valence-corrected chi connectivity index (χ2v) is 4.04. The molecule has 1 amide bonds. The summed E-state index contributed by atoms with van der Waals surface area (Å²) in [5, 5.41) is 1.44. The molecule has 0 bridgehead atoms. The molecule has 1 aromatic rings. The van der Waals surface area contributed by atoms with E-state index in [0.717, 1.165) is 12.1 Å². The molecule has 3 nitrogen and oxygen atoms in total. The van der Waals surface area contributed by atoms with Crippen molar-refractivity contribution in [1.82, 2.24) is 5.32 Å². The molecule has 3 N–H and O–H groups in total. The number of rotatable bonds is 4. The van der Waals surface area contributed by atoms with E-state index in [1.165, 1.54) is 5.32 Å². The molecule has 10 heteroatoms. The van der Waals surface area contributed by atoms with Crippen LogP contribution in [-0.2, 0) is 6.18 Å². The molecule has 0 spiro atoms. The van der Waals surface area contributed by atoms with Crippen molar-refractivity contribution in [2.24, 2.45) is 0 Å². The maximum atomic E-state index is 12.6. The summed E-state index contributed by atoms with van der Waals surface area (Å²) >= 11 is 0. The van der Waals surface area contributed by atoms with E-state index in [1.54, 1.807) is 0 Å². The molecule has 1 aromatic carbocycles. The van der Waals surface area contributed by atoms with Crippen LogP contribution in [0.15, 0.2) is 18.2 Å². The summed E-state index contributed by atoms with van der Waals surface area (Å²) in [5.74, 6) is -5.82. The van der Waals surface area contributed by atoms with Gasteiger partial charge in [0.15, 0.2) is 0 Å². The average Bonchev–Trinajstić information content (AvgIpc) is 2.35. The van der Waals surface area contributed by atoms with Crippen LogP contribution in [0.1, 0.15) is 15.9 Å². The molecule has 0 radical (unpaired) electrons. The van der Waals surface area contributed by atoms with Crippen LogP contribution in [0.2, 0.25) is 0 Å². The minimum Gasteiger partial charge on any atom is -0.398 e. The van der Waals surface area contributed by atoms with E-state index in [-0.39, 0.29) is 0 Å². The predicted molar refractivity (Wildman–Crippen MR) is 59.1 cm³/mol. The molecule has 21 heavy (non-hydrogen) atoms. The second-order valence-electron chi connectivity index (χ2n) is 4.04. The zero-order valence-electron chi connectivity index (χ0n) is 10.1. The van der Waals surface area contributed by atoms with Crippen LogP contribution in [-0.4, -0.2) is 24.8 Å². The molecule has 0 saturated heterocycles. The summed E-state index contributed by atoms with van der Waals surface area (Å²) in [6.45, 7) is -1.70. The van der Waals surface area contributed by atoms with Gasteiger partial charge in [0, 0.05) is 11.3 Å². The summed E-state index contributed by atoms with van der Waals surface area (Å²) in [6, 6.07) is 1.98. The Morgan fingerprint density at radius 1 is 1.19 bits per heavy atom. The van der Waals surface area contributed by atoms with E-state index in [4.69, 9.17) is 5.73 Å². The van der Waals surface area contributed by atoms with E-state index in [1.807, 2.05) is 0 Å². The Kier molecular flexibility index (Phi) is 4.69. The van der Waals surface area contributed by atoms with Gasteiger partial charge in [0.2, 0.25) is 0 Å². The topological polar surface area (TPSA) is 55.1 Å². The van der Waals surface area contributed by atoms with Crippen LogP contribution >= 0.6 is 0 Å². The van der Waals surface area contributed by atoms with Crippen LogP contribution < -0.4 is 11.1 Å². The number of halogens is 7. The number of carbonyl (C=O) groups excluding carboxylic acids is 1. The van der Waals surface area contributed by atoms with Crippen molar-refractivity contribution < 1.29 is 35.5 Å². The first kappa shape index (κ1) is 17.1. The molecular weight excluding hydrogens is 309 g/mol. The molecule has 1 rings (SSSR count). The predicted octanol–water partition coefficient (Wildman–Crippen LogP) is 2.92. The van der Waals surface area contributed by atoms with Crippen LogP contribution in [0, 0.1) is 0 Å². The van der Waals surface area contributed by atoms with Crippen LogP contribution in [0.5, 0.6) is 0 Å². The lowest BCUT2D eigenvalue weighted by atomic mass is 10.1. The van der Waals surface area contributed by atoms with Gasteiger partial charge in [-0.2, -0.15) is 22.0 Å². The van der Waals surface area contributed by atoms with Gasteiger partial charge < -0.3 is 11.1 Å². The molecule has 0 aliphatic carbocycles. The molecule has 0 fully saturated rings. The molecule has 0 aromatic heterocycles. The van der Waals surface area contributed by atoms with E-state index in [0.29, 0.717) is 6.07 Å². The Hall–Kier alpha value is -2.00. The quantitative estimate of drug-likeness (QED) is 0.662. The van der Waals surface area contributed by atoms with Crippen LogP contribution in [0.3, 0.4) is 0 Å². The van der Waals surface area contributed by atoms with Gasteiger partial charge in [-0.05, 0) is 18.2 Å². The summed E-state index contributed by atoms with van der Waals surface area (Å²) in [7, 11) is 0. The van der Waals surface area contributed by atoms with E-state index in [9.17, 15) is 35.5 Å². The van der Waals surface area contributed by atoms with Crippen molar-refractivity contribution in [3.63, 3.8) is 0 Å². The SMILES string of the molecule is Nc1ccc(C(=O)NCC(F)(F)C(F)F)cc1C(F)(F)F. The third-order valence-electron chi connectivity index (χ3n) is 2.42. The molecule has 0 atom stereocenters. The Bertz CT molecular complexity index is 528. The number of hydrogen-bond acceptors (Lipinski definition) is 2. The van der Waals surface area contributed by atoms with Gasteiger partial charge in [0.1, 0.15) is 0 Å². The number of nitrogen functional groups attached to an aromatic ring is 1. The highest BCUT2D eigenvalue weighted by atomic mass is 19.4. The number of benzene rings is 1. The Morgan fingerprint density at radius 2 is 1.76 bits per heavy atom. The Labute approximate surface area is 113 Å². The summed E-state index contributed by atoms with van der Waals surface area (Å²) in [4.78, 5) is 11.4. The van der Waals surface area contributed by atoms with Gasteiger partial charge in [-0.3, -0.25) is 4.79 Å². The van der Waals surface area contributed by atoms with Gasteiger partial charge in [-0.1, -0.05) is 0 Å². The minimum atomic E-state index is -4.84. The second kappa shape index (κ2) is 5.78. The largest absolute Gasteiger partial charge is 0.418 e. The third kappa shape index (κ3) is 4.23. The Morgan fingerprint density at radius 3 is 2.24 bits per heavy atom. The lowest BCUT2D eigenvalue weighted by Gasteiger charge is -2.16. The molecule has 0 heterocycles. The molecule has 0 aliphatic rings. The highest BCUT2D eigenvalue weighted by Gasteiger charge is 2.41. The number of nitrogens with one attached hydrogen (secondary N) is 1. The standard InChI is InChI=1S/C11H9F7N2O/c12-9(13)10(14,15)4-20-8(21)5-1-2-7(19)6(3-5)11(16,17)18/h1-3,9H,4,19H2,(H,20,21). The first-order valence-corrected chi connectivity index (χ1v) is 5.36. The van der Waals surface area contributed by atoms with Crippen molar-refractivity contribution in [1.29, 1.82) is 0 Å². The number of nitrogens with two attached hydrogens (primary N) is 1. The van der Waals surface area contributed by atoms with Gasteiger partial charge in [0.05, 0.1) is 12.1 Å². The number of alkyl halides is 7. The van der Waals surface area contributed by atoms with E-state index < -0.39 is 47.8 Å². The lowest BCUT2D eigenvalue weighted by Crippen LogP contribution is -2.41. The van der Waals surface area contributed by atoms with Crippen LogP contribution in [0.25, 0.3) is 0 Å². The zero-order chi connectivity index (χ0) is 16.4. The van der Waals surface area contributed by atoms with Gasteiger partial charge in [-0.25, -0.2) is 8.78 Å². The number of anilines is 1. The lowest BCUT2D eigenvalue weighted by molar-refractivity contribution is -0.136. The van der Waals surface area contributed by atoms with Crippen molar-refractivity contribution in [2.75, 3.05) is 12.3 Å². The van der Waals surface area contributed by atoms with Crippen molar-refractivity contribution in [3.05, 3.63) is 29.3 Å². The third-order valence-corrected chi connectivity index (χ3v) is 2.42. The average molecular weight is 318 g/mol. The fraction of sp³-hybridized carbons (Fsp3) is 0.364. The monoisotopic (exact) mass is 318 g/mol. The molecular formula is C11H9F7N2O. The van der Waals surface area contributed by atoms with Gasteiger partial charge in [0.25, 0.3) is 5.91 Å². The summed E-state index contributed by atoms with van der Waals surface area (Å²) in [5.41, 5.74) is 2.49. The normalized spacial score (nSPS) is 12.6. The molecule has 118 valence electrons. The van der Waals surface area contributed by atoms with Crippen molar-refractivity contribution in [2.45, 2.75) is 18.5 Å². The first-order chi connectivity index (χ1) is 9.45. The smallest absolute Gasteiger partial charge is 0.398 e. The van der Waals surface area contributed by atoms with Gasteiger partial charge >= 0.3 is 18.5 Å². The first-order valence-electron chi connectivity index (χ1n) is 5.36. The highest BCUT2D eigenvalue weighted by Crippen LogP contribution is 2.34. The fourth-order valence-corrected chi connectivity index (χ4v) is 1.32. The zero-order valence-corrected chi connectivity index (χ0v) is 10.1. The molecule has 0 aliphatic heterocycles. The van der Waals surface area contributed by atoms with E-state index in [2.05, 4.69) is 0 Å². The fourth-order valence-electron chi connectivity index (χ4n) is 1.32. The minimum absolute atomic E-state index is 0.352. The van der Waals surface area contributed by atoms with E-state index >= 15 is 0 Å². The summed E-state index contributed by atoms with van der Waals surface area (Å²) < 4.78 is 86.6. The summed E-state index contributed by atoms with van der Waals surface area (Å²) in [6.07, 6.45) is -8.84. The molecule has 0 saturated carbocycles. The van der Waals surface area contributed by atoms with Crippen LogP contribution in [0.4, 0.5) is 36.4 Å². The van der Waals surface area contributed by atoms with Gasteiger partial charge in [-0.15, -0.1) is 0 Å². The van der Waals surface area contributed by atoms with Crippen molar-refractivity contribution in [3.8, 4) is 0 Å².